The fraction of sp³-hybridized carbons (Fsp3) is 0.455. The normalized spacial score (nSPS) is 21.8. The van der Waals surface area contributed by atoms with Crippen LogP contribution in [0.4, 0.5) is 0 Å². The maximum absolute atomic E-state index is 11.9. The number of hydrogen-bond donors (Lipinski definition) is 2. The van der Waals surface area contributed by atoms with Gasteiger partial charge in [-0.3, -0.25) is 4.79 Å². The van der Waals surface area contributed by atoms with Crippen LogP contribution in [0.2, 0.25) is 0 Å². The zero-order valence-corrected chi connectivity index (χ0v) is 11.6. The maximum Gasteiger partial charge on any atom is 0.345 e. The van der Waals surface area contributed by atoms with Crippen molar-refractivity contribution in [3.63, 3.8) is 0 Å². The van der Waals surface area contributed by atoms with Crippen molar-refractivity contribution in [2.45, 2.75) is 18.9 Å². The molecule has 6 nitrogen and oxygen atoms in total. The van der Waals surface area contributed by atoms with Gasteiger partial charge in [-0.1, -0.05) is 0 Å². The molecule has 0 bridgehead atoms. The Labute approximate surface area is 114 Å². The van der Waals surface area contributed by atoms with Crippen LogP contribution in [0, 0.1) is 0 Å². The number of sulfone groups is 1. The van der Waals surface area contributed by atoms with Crippen molar-refractivity contribution in [1.82, 2.24) is 5.32 Å². The molecule has 1 aliphatic heterocycles. The van der Waals surface area contributed by atoms with Crippen molar-refractivity contribution in [1.29, 1.82) is 0 Å². The van der Waals surface area contributed by atoms with Gasteiger partial charge in [0.25, 0.3) is 5.91 Å². The van der Waals surface area contributed by atoms with Gasteiger partial charge in [-0.15, -0.1) is 11.3 Å². The molecule has 8 heteroatoms. The smallest absolute Gasteiger partial charge is 0.345 e. The number of carboxylic acids is 1. The van der Waals surface area contributed by atoms with Crippen molar-refractivity contribution in [3.05, 3.63) is 21.9 Å². The lowest BCUT2D eigenvalue weighted by Gasteiger charge is -2.22. The molecule has 19 heavy (non-hydrogen) atoms. The van der Waals surface area contributed by atoms with Crippen molar-refractivity contribution in [2.75, 3.05) is 11.5 Å². The molecule has 1 aromatic rings. The molecule has 0 spiro atoms. The topological polar surface area (TPSA) is 101 Å². The highest BCUT2D eigenvalue weighted by molar-refractivity contribution is 7.91. The van der Waals surface area contributed by atoms with E-state index in [2.05, 4.69) is 5.32 Å². The largest absolute Gasteiger partial charge is 0.477 e. The van der Waals surface area contributed by atoms with Crippen molar-refractivity contribution < 1.29 is 23.1 Å². The average Bonchev–Trinajstić information content (AvgIpc) is 2.76. The molecule has 2 rings (SSSR count). The number of rotatable bonds is 3. The van der Waals surface area contributed by atoms with Gasteiger partial charge in [0.15, 0.2) is 9.84 Å². The van der Waals surface area contributed by atoms with Crippen LogP contribution < -0.4 is 5.32 Å². The lowest BCUT2D eigenvalue weighted by atomic mass is 10.2. The quantitative estimate of drug-likeness (QED) is 0.858. The molecule has 2 heterocycles. The Kier molecular flexibility index (Phi) is 3.91. The second kappa shape index (κ2) is 5.30. The number of nitrogens with one attached hydrogen (secondary N) is 1. The zero-order valence-electron chi connectivity index (χ0n) is 9.96. The van der Waals surface area contributed by atoms with E-state index >= 15 is 0 Å². The van der Waals surface area contributed by atoms with Gasteiger partial charge in [-0.2, -0.15) is 0 Å². The number of carboxylic acid groups (broad SMARTS) is 1. The number of thiophene rings is 1. The highest BCUT2D eigenvalue weighted by Gasteiger charge is 2.26. The number of carbonyl (C=O) groups is 2. The fourth-order valence-electron chi connectivity index (χ4n) is 1.97. The van der Waals surface area contributed by atoms with Crippen LogP contribution in [0.3, 0.4) is 0 Å². The molecule has 104 valence electrons. The lowest BCUT2D eigenvalue weighted by Crippen LogP contribution is -2.42. The van der Waals surface area contributed by atoms with E-state index in [1.807, 2.05) is 0 Å². The van der Waals surface area contributed by atoms with Crippen LogP contribution in [-0.2, 0) is 9.84 Å². The van der Waals surface area contributed by atoms with Crippen molar-refractivity contribution in [2.24, 2.45) is 0 Å². The molecule has 0 aromatic carbocycles. The molecule has 1 aliphatic rings. The molecule has 2 N–H and O–H groups in total. The van der Waals surface area contributed by atoms with E-state index in [1.165, 1.54) is 12.1 Å². The van der Waals surface area contributed by atoms with E-state index in [0.717, 1.165) is 11.3 Å². The summed E-state index contributed by atoms with van der Waals surface area (Å²) in [6.45, 7) is 0. The molecular formula is C11H13NO5S2. The van der Waals surface area contributed by atoms with Crippen molar-refractivity contribution >= 4 is 33.1 Å². The first-order valence-electron chi connectivity index (χ1n) is 5.72. The molecule has 0 aliphatic carbocycles. The second-order valence-corrected chi connectivity index (χ2v) is 7.71. The van der Waals surface area contributed by atoms with E-state index in [1.54, 1.807) is 0 Å². The van der Waals surface area contributed by atoms with E-state index in [-0.39, 0.29) is 27.3 Å². The number of amides is 1. The Morgan fingerprint density at radius 2 is 2.00 bits per heavy atom. The summed E-state index contributed by atoms with van der Waals surface area (Å²) in [6, 6.07) is 2.40. The first kappa shape index (κ1) is 14.0. The Balaban J connectivity index is 2.02. The predicted molar refractivity (Wildman–Crippen MR) is 70.4 cm³/mol. The summed E-state index contributed by atoms with van der Waals surface area (Å²) in [5, 5.41) is 11.4. The van der Waals surface area contributed by atoms with Gasteiger partial charge in [0.2, 0.25) is 0 Å². The average molecular weight is 303 g/mol. The van der Waals surface area contributed by atoms with E-state index in [9.17, 15) is 18.0 Å². The van der Waals surface area contributed by atoms with Crippen LogP contribution >= 0.6 is 11.3 Å². The Morgan fingerprint density at radius 3 is 2.58 bits per heavy atom. The Hall–Kier alpha value is -1.41. The lowest BCUT2D eigenvalue weighted by molar-refractivity contribution is 0.0702. The zero-order chi connectivity index (χ0) is 14.0. The van der Waals surface area contributed by atoms with Crippen molar-refractivity contribution in [3.8, 4) is 0 Å². The van der Waals surface area contributed by atoms with Crippen LogP contribution in [-0.4, -0.2) is 42.9 Å². The number of hydrogen-bond acceptors (Lipinski definition) is 5. The minimum atomic E-state index is -3.07. The monoisotopic (exact) mass is 303 g/mol. The SMILES string of the molecule is O=C(O)c1ccc(C(=O)N[C@@H]2CCCS(=O)(=O)C2)s1. The summed E-state index contributed by atoms with van der Waals surface area (Å²) in [4.78, 5) is 22.9. The Bertz CT molecular complexity index is 604. The summed E-state index contributed by atoms with van der Waals surface area (Å²) in [5.74, 6) is -1.37. The molecular weight excluding hydrogens is 290 g/mol. The molecule has 0 radical (unpaired) electrons. The van der Waals surface area contributed by atoms with Gasteiger partial charge in [0.05, 0.1) is 16.4 Å². The molecule has 1 saturated heterocycles. The third-order valence-corrected chi connectivity index (χ3v) is 5.73. The van der Waals surface area contributed by atoms with E-state index < -0.39 is 21.7 Å². The molecule has 1 atom stereocenters. The van der Waals surface area contributed by atoms with Gasteiger partial charge >= 0.3 is 5.97 Å². The second-order valence-electron chi connectivity index (χ2n) is 4.40. The summed E-state index contributed by atoms with van der Waals surface area (Å²) in [7, 11) is -3.07. The predicted octanol–water partition coefficient (Wildman–Crippen LogP) is 0.753. The maximum atomic E-state index is 11.9. The first-order chi connectivity index (χ1) is 8.87. The summed E-state index contributed by atoms with van der Waals surface area (Å²) >= 11 is 0.877. The fourth-order valence-corrected chi connectivity index (χ4v) is 4.35. The molecule has 1 aromatic heterocycles. The van der Waals surface area contributed by atoms with Gasteiger partial charge in [0.1, 0.15) is 4.88 Å². The van der Waals surface area contributed by atoms with E-state index in [0.29, 0.717) is 12.8 Å². The standard InChI is InChI=1S/C11H13NO5S2/c13-10(8-3-4-9(18-8)11(14)15)12-7-2-1-5-19(16,17)6-7/h3-4,7H,1-2,5-6H2,(H,12,13)(H,14,15)/t7-/m1/s1. The number of carbonyl (C=O) groups excluding carboxylic acids is 1. The highest BCUT2D eigenvalue weighted by atomic mass is 32.2. The van der Waals surface area contributed by atoms with Crippen LogP contribution in [0.1, 0.15) is 32.2 Å². The summed E-state index contributed by atoms with van der Waals surface area (Å²) < 4.78 is 22.9. The van der Waals surface area contributed by atoms with Gasteiger partial charge in [0, 0.05) is 6.04 Å². The molecule has 1 amide bonds. The number of aromatic carboxylic acids is 1. The van der Waals surface area contributed by atoms with Gasteiger partial charge < -0.3 is 10.4 Å². The third kappa shape index (κ3) is 3.54. The van der Waals surface area contributed by atoms with Gasteiger partial charge in [-0.05, 0) is 25.0 Å². The minimum Gasteiger partial charge on any atom is -0.477 e. The summed E-state index contributed by atoms with van der Waals surface area (Å²) in [5.41, 5.74) is 0. The van der Waals surface area contributed by atoms with E-state index in [4.69, 9.17) is 5.11 Å². The van der Waals surface area contributed by atoms with Gasteiger partial charge in [-0.25, -0.2) is 13.2 Å². The van der Waals surface area contributed by atoms with Crippen LogP contribution in [0.5, 0.6) is 0 Å². The summed E-state index contributed by atoms with van der Waals surface area (Å²) in [6.07, 6.45) is 1.17. The first-order valence-corrected chi connectivity index (χ1v) is 8.35. The minimum absolute atomic E-state index is 0.0457. The molecule has 0 saturated carbocycles. The van der Waals surface area contributed by atoms with Crippen LogP contribution in [0.25, 0.3) is 0 Å². The molecule has 1 fully saturated rings. The Morgan fingerprint density at radius 1 is 1.32 bits per heavy atom. The third-order valence-electron chi connectivity index (χ3n) is 2.84. The highest BCUT2D eigenvalue weighted by Crippen LogP contribution is 2.18. The van der Waals surface area contributed by atoms with Crippen LogP contribution in [0.15, 0.2) is 12.1 Å². The molecule has 0 unspecified atom stereocenters.